The van der Waals surface area contributed by atoms with E-state index in [9.17, 15) is 0 Å². The summed E-state index contributed by atoms with van der Waals surface area (Å²) >= 11 is 0. The Hall–Kier alpha value is -0.0400. The van der Waals surface area contributed by atoms with Gasteiger partial charge in [0.25, 0.3) is 0 Å². The van der Waals surface area contributed by atoms with Gasteiger partial charge in [-0.1, -0.05) is 19.3 Å². The molecule has 1 heteroatoms. The number of rotatable bonds is 1. The molecule has 1 fully saturated rings. The van der Waals surface area contributed by atoms with Crippen LogP contribution in [0.15, 0.2) is 0 Å². The van der Waals surface area contributed by atoms with Gasteiger partial charge in [-0.2, -0.15) is 0 Å². The second-order valence-corrected chi connectivity index (χ2v) is 2.67. The average Bonchev–Trinajstić information content (AvgIpc) is 2.13. The first-order chi connectivity index (χ1) is 4.43. The average molecular weight is 127 g/mol. The first-order valence-electron chi connectivity index (χ1n) is 3.78. The monoisotopic (exact) mass is 127 g/mol. The van der Waals surface area contributed by atoms with Crippen molar-refractivity contribution in [2.45, 2.75) is 38.2 Å². The Balaban J connectivity index is 2.18. The molecule has 0 aliphatic heterocycles. The van der Waals surface area contributed by atoms with Gasteiger partial charge >= 0.3 is 0 Å². The smallest absolute Gasteiger partial charge is 0.0574 e. The summed E-state index contributed by atoms with van der Waals surface area (Å²) in [7, 11) is 1.81. The van der Waals surface area contributed by atoms with Gasteiger partial charge in [0.1, 0.15) is 0 Å². The predicted molar refractivity (Wildman–Crippen MR) is 38.2 cm³/mol. The van der Waals surface area contributed by atoms with E-state index in [-0.39, 0.29) is 0 Å². The van der Waals surface area contributed by atoms with E-state index in [0.717, 1.165) is 6.42 Å². The van der Waals surface area contributed by atoms with E-state index in [2.05, 4.69) is 6.42 Å². The van der Waals surface area contributed by atoms with E-state index < -0.39 is 0 Å². The van der Waals surface area contributed by atoms with Crippen LogP contribution in [0.4, 0.5) is 0 Å². The number of hydrogen-bond acceptors (Lipinski definition) is 1. The summed E-state index contributed by atoms with van der Waals surface area (Å²) < 4.78 is 5.24. The molecule has 0 amide bonds. The molecule has 1 unspecified atom stereocenters. The maximum Gasteiger partial charge on any atom is 0.0574 e. The molecule has 0 aromatic heterocycles. The van der Waals surface area contributed by atoms with E-state index in [1.807, 2.05) is 7.11 Å². The van der Waals surface area contributed by atoms with Crippen LogP contribution in [0.3, 0.4) is 0 Å². The van der Waals surface area contributed by atoms with E-state index >= 15 is 0 Å². The van der Waals surface area contributed by atoms with Gasteiger partial charge < -0.3 is 4.74 Å². The van der Waals surface area contributed by atoms with E-state index in [4.69, 9.17) is 4.74 Å². The third kappa shape index (κ3) is 2.35. The third-order valence-electron chi connectivity index (χ3n) is 1.95. The molecule has 0 spiro atoms. The number of methoxy groups -OCH3 is 1. The lowest BCUT2D eigenvalue weighted by atomic mass is 10.2. The Labute approximate surface area is 57.4 Å². The molecule has 1 rings (SSSR count). The fraction of sp³-hybridized carbons (Fsp3) is 0.875. The molecule has 0 aromatic rings. The lowest BCUT2D eigenvalue weighted by Gasteiger charge is -2.09. The second-order valence-electron chi connectivity index (χ2n) is 2.67. The molecule has 0 saturated heterocycles. The molecular weight excluding hydrogens is 112 g/mol. The van der Waals surface area contributed by atoms with Crippen molar-refractivity contribution in [1.29, 1.82) is 0 Å². The Morgan fingerprint density at radius 2 is 2.33 bits per heavy atom. The summed E-state index contributed by atoms with van der Waals surface area (Å²) in [5.74, 6) is 0. The highest BCUT2D eigenvalue weighted by Crippen LogP contribution is 2.17. The summed E-state index contributed by atoms with van der Waals surface area (Å²) in [5, 5.41) is 0. The van der Waals surface area contributed by atoms with Crippen LogP contribution >= 0.6 is 0 Å². The fourth-order valence-electron chi connectivity index (χ4n) is 1.30. The first kappa shape index (κ1) is 7.07. The van der Waals surface area contributed by atoms with Gasteiger partial charge in [-0.05, 0) is 19.3 Å². The topological polar surface area (TPSA) is 9.23 Å². The third-order valence-corrected chi connectivity index (χ3v) is 1.95. The molecule has 1 nitrogen and oxygen atoms in total. The zero-order valence-corrected chi connectivity index (χ0v) is 6.10. The minimum Gasteiger partial charge on any atom is -0.381 e. The van der Waals surface area contributed by atoms with Crippen LogP contribution in [-0.4, -0.2) is 13.2 Å². The van der Waals surface area contributed by atoms with Crippen molar-refractivity contribution >= 4 is 0 Å². The van der Waals surface area contributed by atoms with Crippen molar-refractivity contribution in [3.05, 3.63) is 6.42 Å². The second kappa shape index (κ2) is 3.89. The zero-order valence-electron chi connectivity index (χ0n) is 6.10. The molecule has 0 heterocycles. The fourth-order valence-corrected chi connectivity index (χ4v) is 1.30. The molecule has 53 valence electrons. The minimum absolute atomic E-state index is 0.521. The predicted octanol–water partition coefficient (Wildman–Crippen LogP) is 2.17. The van der Waals surface area contributed by atoms with Gasteiger partial charge in [0.15, 0.2) is 0 Å². The Kier molecular flexibility index (Phi) is 3.05. The summed E-state index contributed by atoms with van der Waals surface area (Å²) in [6, 6.07) is 0. The SMILES string of the molecule is COC1C[CH]CCCC1. The van der Waals surface area contributed by atoms with Crippen molar-refractivity contribution in [3.8, 4) is 0 Å². The normalized spacial score (nSPS) is 23.7. The lowest BCUT2D eigenvalue weighted by Crippen LogP contribution is -2.07. The van der Waals surface area contributed by atoms with Crippen LogP contribution in [0.2, 0.25) is 0 Å². The van der Waals surface area contributed by atoms with Gasteiger partial charge in [0.05, 0.1) is 6.10 Å². The van der Waals surface area contributed by atoms with E-state index in [1.54, 1.807) is 0 Å². The molecular formula is C8H15O. The first-order valence-corrected chi connectivity index (χ1v) is 3.78. The summed E-state index contributed by atoms with van der Waals surface area (Å²) in [6.07, 6.45) is 9.28. The zero-order chi connectivity index (χ0) is 6.53. The molecule has 1 radical (unpaired) electrons. The van der Waals surface area contributed by atoms with E-state index in [0.29, 0.717) is 6.10 Å². The Morgan fingerprint density at radius 3 is 3.11 bits per heavy atom. The van der Waals surface area contributed by atoms with Gasteiger partial charge in [0, 0.05) is 7.11 Å². The molecule has 1 aliphatic carbocycles. The molecule has 0 N–H and O–H groups in total. The Bertz CT molecular complexity index is 63.0. The van der Waals surface area contributed by atoms with E-state index in [1.165, 1.54) is 25.7 Å². The standard InChI is InChI=1S/C8H15O/c1-9-8-6-4-2-3-5-7-8/h4,8H,2-3,5-7H2,1H3. The summed E-state index contributed by atoms with van der Waals surface area (Å²) in [5.41, 5.74) is 0. The number of hydrogen-bond donors (Lipinski definition) is 0. The summed E-state index contributed by atoms with van der Waals surface area (Å²) in [6.45, 7) is 0. The molecule has 0 aromatic carbocycles. The largest absolute Gasteiger partial charge is 0.381 e. The molecule has 1 aliphatic rings. The van der Waals surface area contributed by atoms with Gasteiger partial charge in [0.2, 0.25) is 0 Å². The van der Waals surface area contributed by atoms with Crippen LogP contribution in [0, 0.1) is 6.42 Å². The quantitative estimate of drug-likeness (QED) is 0.490. The molecule has 1 saturated carbocycles. The van der Waals surface area contributed by atoms with Gasteiger partial charge in [-0.25, -0.2) is 0 Å². The lowest BCUT2D eigenvalue weighted by molar-refractivity contribution is 0.0963. The van der Waals surface area contributed by atoms with Crippen molar-refractivity contribution in [2.75, 3.05) is 7.11 Å². The van der Waals surface area contributed by atoms with Crippen LogP contribution < -0.4 is 0 Å². The van der Waals surface area contributed by atoms with Crippen molar-refractivity contribution in [1.82, 2.24) is 0 Å². The molecule has 0 bridgehead atoms. The van der Waals surface area contributed by atoms with Crippen molar-refractivity contribution in [2.24, 2.45) is 0 Å². The highest BCUT2D eigenvalue weighted by molar-refractivity contribution is 4.75. The van der Waals surface area contributed by atoms with Gasteiger partial charge in [-0.15, -0.1) is 0 Å². The highest BCUT2D eigenvalue weighted by atomic mass is 16.5. The maximum absolute atomic E-state index is 5.24. The van der Waals surface area contributed by atoms with Crippen LogP contribution in [0.25, 0.3) is 0 Å². The minimum atomic E-state index is 0.521. The van der Waals surface area contributed by atoms with Crippen molar-refractivity contribution in [3.63, 3.8) is 0 Å². The maximum atomic E-state index is 5.24. The molecule has 9 heavy (non-hydrogen) atoms. The molecule has 1 atom stereocenters. The van der Waals surface area contributed by atoms with Crippen LogP contribution in [0.5, 0.6) is 0 Å². The van der Waals surface area contributed by atoms with Crippen molar-refractivity contribution < 1.29 is 4.74 Å². The number of ether oxygens (including phenoxy) is 1. The van der Waals surface area contributed by atoms with Gasteiger partial charge in [-0.3, -0.25) is 0 Å². The summed E-state index contributed by atoms with van der Waals surface area (Å²) in [4.78, 5) is 0. The van der Waals surface area contributed by atoms with Crippen LogP contribution in [0.1, 0.15) is 32.1 Å². The van der Waals surface area contributed by atoms with Crippen LogP contribution in [-0.2, 0) is 4.74 Å². The Morgan fingerprint density at radius 1 is 1.44 bits per heavy atom. The highest BCUT2D eigenvalue weighted by Gasteiger charge is 2.09.